The van der Waals surface area contributed by atoms with Crippen molar-refractivity contribution in [2.24, 2.45) is 0 Å². The number of aromatic nitrogens is 2. The first kappa shape index (κ1) is 28.1. The van der Waals surface area contributed by atoms with Gasteiger partial charge in [-0.3, -0.25) is 4.79 Å². The van der Waals surface area contributed by atoms with Crippen molar-refractivity contribution >= 4 is 27.8 Å². The molecule has 6 aromatic rings. The number of carbonyl (C=O) groups is 1. The van der Waals surface area contributed by atoms with E-state index in [4.69, 9.17) is 9.15 Å². The topological polar surface area (TPSA) is 65.3 Å². The number of imidazole rings is 1. The zero-order valence-corrected chi connectivity index (χ0v) is 24.6. The Labute approximate surface area is 248 Å². The molecule has 6 nitrogen and oxygen atoms in total. The Kier molecular flexibility index (Phi) is 7.90. The third kappa shape index (κ3) is 5.33. The molecule has 0 fully saturated rings. The van der Waals surface area contributed by atoms with E-state index in [1.807, 2.05) is 65.5 Å². The molecule has 0 bridgehead atoms. The fraction of sp³-hybridized carbons (Fsp3) is 0.147. The molecule has 0 aliphatic heterocycles. The molecule has 6 rings (SSSR count). The zero-order chi connectivity index (χ0) is 27.8. The Hall–Kier alpha value is -4.49. The lowest BCUT2D eigenvalue weighted by Crippen LogP contribution is -3.00. The summed E-state index contributed by atoms with van der Waals surface area (Å²) in [6, 6.07) is 30.3. The van der Waals surface area contributed by atoms with Crippen molar-refractivity contribution in [1.29, 1.82) is 0 Å². The monoisotopic (exact) mass is 608 g/mol. The Morgan fingerprint density at radius 1 is 0.902 bits per heavy atom. The van der Waals surface area contributed by atoms with Crippen LogP contribution in [0.1, 0.15) is 38.7 Å². The quantitative estimate of drug-likeness (QED) is 0.159. The van der Waals surface area contributed by atoms with E-state index < -0.39 is 6.04 Å². The first-order chi connectivity index (χ1) is 19.4. The average Bonchev–Trinajstić information content (AvgIpc) is 3.30. The normalized spacial score (nSPS) is 11.8. The van der Waals surface area contributed by atoms with Crippen LogP contribution in [0, 0.1) is 13.8 Å². The Morgan fingerprint density at radius 3 is 2.32 bits per heavy atom. The van der Waals surface area contributed by atoms with Crippen molar-refractivity contribution in [2.75, 3.05) is 7.11 Å². The van der Waals surface area contributed by atoms with Crippen molar-refractivity contribution in [3.8, 4) is 5.75 Å². The van der Waals surface area contributed by atoms with Gasteiger partial charge in [0.1, 0.15) is 11.3 Å². The van der Waals surface area contributed by atoms with Crippen LogP contribution in [0.5, 0.6) is 5.75 Å². The van der Waals surface area contributed by atoms with E-state index in [1.165, 1.54) is 0 Å². The summed E-state index contributed by atoms with van der Waals surface area (Å²) in [7, 11) is 1.60. The standard InChI is InChI=1S/C34H29N2O4.BrH/c1-22-17-29-30(18-23(22)2)36(21-35(29)20-31(37)24-13-15-27(39-3)16-14-24)33(25-9-5-4-6-10-25)28-19-26-11-7-8-12-32(26)40-34(28)38;/h4-19,21,33H,20H2,1-3H3;1H/q+1;/p-1. The predicted molar refractivity (Wildman–Crippen MR) is 155 cm³/mol. The number of nitrogens with zero attached hydrogens (tertiary/aromatic N) is 2. The second-order valence-electron chi connectivity index (χ2n) is 10.1. The van der Waals surface area contributed by atoms with Gasteiger partial charge in [-0.15, -0.1) is 0 Å². The van der Waals surface area contributed by atoms with Crippen LogP contribution >= 0.6 is 0 Å². The maximum atomic E-state index is 13.4. The third-order valence-corrected chi connectivity index (χ3v) is 7.52. The first-order valence-corrected chi connectivity index (χ1v) is 13.2. The summed E-state index contributed by atoms with van der Waals surface area (Å²) in [4.78, 5) is 26.8. The lowest BCUT2D eigenvalue weighted by atomic mass is 9.98. The van der Waals surface area contributed by atoms with Crippen molar-refractivity contribution < 1.29 is 35.5 Å². The number of ketones is 1. The lowest BCUT2D eigenvalue weighted by molar-refractivity contribution is -0.658. The first-order valence-electron chi connectivity index (χ1n) is 13.2. The van der Waals surface area contributed by atoms with Crippen LogP contribution in [0.4, 0.5) is 0 Å². The molecule has 0 amide bonds. The van der Waals surface area contributed by atoms with Gasteiger partial charge in [0.05, 0.1) is 12.7 Å². The molecular weight excluding hydrogens is 580 g/mol. The van der Waals surface area contributed by atoms with Crippen molar-refractivity contribution in [2.45, 2.75) is 26.4 Å². The number of rotatable bonds is 7. The smallest absolute Gasteiger partial charge is 0.344 e. The SMILES string of the molecule is COc1ccc(C(=O)C[n+]2cn(C(c3ccccc3)c3cc4ccccc4oc3=O)c3cc(C)c(C)cc32)cc1.[Br-]. The van der Waals surface area contributed by atoms with E-state index in [0.29, 0.717) is 22.5 Å². The number of aryl methyl sites for hydroxylation is 2. The predicted octanol–water partition coefficient (Wildman–Crippen LogP) is 3.19. The highest BCUT2D eigenvalue weighted by atomic mass is 79.9. The molecule has 0 N–H and O–H groups in total. The minimum atomic E-state index is -0.469. The number of carbonyl (C=O) groups excluding carboxylic acids is 1. The number of methoxy groups -OCH3 is 1. The summed E-state index contributed by atoms with van der Waals surface area (Å²) in [6.07, 6.45) is 1.94. The molecule has 41 heavy (non-hydrogen) atoms. The number of benzene rings is 4. The highest BCUT2D eigenvalue weighted by Crippen LogP contribution is 2.31. The minimum absolute atomic E-state index is 0. The maximum Gasteiger partial charge on any atom is 0.344 e. The fourth-order valence-corrected chi connectivity index (χ4v) is 5.25. The van der Waals surface area contributed by atoms with Crippen LogP contribution in [0.15, 0.2) is 113 Å². The summed E-state index contributed by atoms with van der Waals surface area (Å²) in [5.41, 5.74) is 6.31. The summed E-state index contributed by atoms with van der Waals surface area (Å²) < 4.78 is 15.1. The minimum Gasteiger partial charge on any atom is -1.00 e. The highest BCUT2D eigenvalue weighted by Gasteiger charge is 2.30. The number of para-hydroxylation sites is 1. The van der Waals surface area contributed by atoms with Crippen LogP contribution in [-0.2, 0) is 6.54 Å². The molecule has 0 aliphatic rings. The van der Waals surface area contributed by atoms with Gasteiger partial charge in [0.2, 0.25) is 12.1 Å². The molecule has 2 heterocycles. The number of halogens is 1. The number of fused-ring (bicyclic) bond motifs is 2. The molecule has 7 heteroatoms. The largest absolute Gasteiger partial charge is 1.00 e. The van der Waals surface area contributed by atoms with E-state index in [-0.39, 0.29) is 34.9 Å². The van der Waals surface area contributed by atoms with Gasteiger partial charge in [-0.05, 0) is 73.5 Å². The summed E-state index contributed by atoms with van der Waals surface area (Å²) >= 11 is 0. The summed E-state index contributed by atoms with van der Waals surface area (Å²) in [5, 5.41) is 0.851. The molecule has 2 aromatic heterocycles. The van der Waals surface area contributed by atoms with Gasteiger partial charge in [-0.1, -0.05) is 48.5 Å². The van der Waals surface area contributed by atoms with Gasteiger partial charge in [0.25, 0.3) is 0 Å². The van der Waals surface area contributed by atoms with Crippen molar-refractivity contribution in [3.63, 3.8) is 0 Å². The summed E-state index contributed by atoms with van der Waals surface area (Å²) in [6.45, 7) is 4.28. The zero-order valence-electron chi connectivity index (χ0n) is 23.0. The van der Waals surface area contributed by atoms with Crippen LogP contribution < -0.4 is 31.9 Å². The van der Waals surface area contributed by atoms with Crippen LogP contribution in [0.2, 0.25) is 0 Å². The molecule has 0 radical (unpaired) electrons. The summed E-state index contributed by atoms with van der Waals surface area (Å²) in [5.74, 6) is 0.679. The molecule has 206 valence electrons. The number of hydrogen-bond acceptors (Lipinski definition) is 4. The molecule has 0 saturated carbocycles. The third-order valence-electron chi connectivity index (χ3n) is 7.52. The van der Waals surface area contributed by atoms with Gasteiger partial charge >= 0.3 is 5.63 Å². The van der Waals surface area contributed by atoms with Gasteiger partial charge in [-0.25, -0.2) is 13.9 Å². The Morgan fingerprint density at radius 2 is 1.59 bits per heavy atom. The van der Waals surface area contributed by atoms with Gasteiger partial charge in [0.15, 0.2) is 23.6 Å². The average molecular weight is 610 g/mol. The number of Topliss-reactive ketones (excluding diaryl/α,β-unsaturated/α-hetero) is 1. The molecule has 1 unspecified atom stereocenters. The van der Waals surface area contributed by atoms with Crippen LogP contribution in [0.25, 0.3) is 22.0 Å². The van der Waals surface area contributed by atoms with Gasteiger partial charge in [-0.2, -0.15) is 0 Å². The highest BCUT2D eigenvalue weighted by molar-refractivity contribution is 5.95. The lowest BCUT2D eigenvalue weighted by Gasteiger charge is -2.15. The second-order valence-corrected chi connectivity index (χ2v) is 10.1. The molecule has 0 aliphatic carbocycles. The van der Waals surface area contributed by atoms with Crippen LogP contribution in [0.3, 0.4) is 0 Å². The fourth-order valence-electron chi connectivity index (χ4n) is 5.25. The van der Waals surface area contributed by atoms with Crippen LogP contribution in [-0.4, -0.2) is 17.5 Å². The number of ether oxygens (including phenoxy) is 1. The molecule has 4 aromatic carbocycles. The van der Waals surface area contributed by atoms with E-state index in [0.717, 1.165) is 33.1 Å². The van der Waals surface area contributed by atoms with Gasteiger partial charge in [0, 0.05) is 16.5 Å². The Bertz CT molecular complexity index is 1930. The maximum absolute atomic E-state index is 13.4. The van der Waals surface area contributed by atoms with E-state index >= 15 is 0 Å². The molecule has 0 saturated heterocycles. The van der Waals surface area contributed by atoms with E-state index in [2.05, 4.69) is 30.5 Å². The molecule has 0 spiro atoms. The molecule has 1 atom stereocenters. The van der Waals surface area contributed by atoms with Crippen molar-refractivity contribution in [1.82, 2.24) is 4.57 Å². The van der Waals surface area contributed by atoms with E-state index in [9.17, 15) is 9.59 Å². The number of hydrogen-bond donors (Lipinski definition) is 0. The van der Waals surface area contributed by atoms with Gasteiger partial charge < -0.3 is 26.1 Å². The van der Waals surface area contributed by atoms with E-state index in [1.54, 1.807) is 37.4 Å². The van der Waals surface area contributed by atoms with Crippen molar-refractivity contribution in [3.05, 3.63) is 142 Å². The molecular formula is C34H29BrN2O4. The second kappa shape index (κ2) is 11.6. The Balaban J connectivity index is 0.00000337.